The van der Waals surface area contributed by atoms with Crippen LogP contribution in [-0.2, 0) is 0 Å². The van der Waals surface area contributed by atoms with E-state index in [4.69, 9.17) is 9.98 Å². The summed E-state index contributed by atoms with van der Waals surface area (Å²) in [5.41, 5.74) is 2.28. The molecule has 0 saturated heterocycles. The van der Waals surface area contributed by atoms with Crippen LogP contribution in [0.4, 0.5) is 0 Å². The fourth-order valence-electron chi connectivity index (χ4n) is 2.90. The second-order valence-electron chi connectivity index (χ2n) is 6.08. The Morgan fingerprint density at radius 3 is 1.42 bits per heavy atom. The van der Waals surface area contributed by atoms with Crippen LogP contribution in [0.25, 0.3) is 0 Å². The Morgan fingerprint density at radius 2 is 1.04 bits per heavy atom. The Balaban J connectivity index is 1.68. The van der Waals surface area contributed by atoms with Gasteiger partial charge in [0.15, 0.2) is 0 Å². The Morgan fingerprint density at radius 1 is 0.667 bits per heavy atom. The van der Waals surface area contributed by atoms with Gasteiger partial charge in [0, 0.05) is 21.4 Å². The number of hydrogen-bond donors (Lipinski definition) is 0. The van der Waals surface area contributed by atoms with Gasteiger partial charge >= 0.3 is 0 Å². The van der Waals surface area contributed by atoms with Gasteiger partial charge in [-0.25, -0.2) is 0 Å². The molecule has 0 N–H and O–H groups in total. The molecule has 2 aromatic carbocycles. The van der Waals surface area contributed by atoms with Crippen LogP contribution in [0.3, 0.4) is 0 Å². The number of rotatable bonds is 4. The molecule has 0 spiro atoms. The van der Waals surface area contributed by atoms with Gasteiger partial charge in [0.1, 0.15) is 0 Å². The lowest BCUT2D eigenvalue weighted by Crippen LogP contribution is -2.27. The van der Waals surface area contributed by atoms with Crippen molar-refractivity contribution in [1.82, 2.24) is 0 Å². The summed E-state index contributed by atoms with van der Waals surface area (Å²) in [5, 5.41) is 0. The Kier molecular flexibility index (Phi) is 6.38. The molecule has 1 saturated carbocycles. The molecule has 3 rings (SSSR count). The normalized spacial score (nSPS) is 21.6. The van der Waals surface area contributed by atoms with Gasteiger partial charge in [0.05, 0.1) is 12.1 Å². The summed E-state index contributed by atoms with van der Waals surface area (Å²) >= 11 is 6.93. The number of aliphatic imine (C=N–C) groups is 2. The van der Waals surface area contributed by atoms with Crippen LogP contribution in [0, 0.1) is 0 Å². The fraction of sp³-hybridized carbons (Fsp3) is 0.300. The fourth-order valence-corrected chi connectivity index (χ4v) is 3.43. The Bertz CT molecular complexity index is 642. The van der Waals surface area contributed by atoms with Gasteiger partial charge in [-0.15, -0.1) is 0 Å². The molecule has 2 atom stereocenters. The summed E-state index contributed by atoms with van der Waals surface area (Å²) in [6.45, 7) is 0. The molecule has 0 unspecified atom stereocenters. The van der Waals surface area contributed by atoms with Crippen molar-refractivity contribution in [3.63, 3.8) is 0 Å². The van der Waals surface area contributed by atoms with Crippen molar-refractivity contribution >= 4 is 44.3 Å². The SMILES string of the molecule is Brc1ccc(C=N[C@@H]2CCCC[C@H]2N=Cc2ccc(Br)cc2)cc1. The molecule has 0 heterocycles. The van der Waals surface area contributed by atoms with Crippen LogP contribution in [0.2, 0.25) is 0 Å². The standard InChI is InChI=1S/C20H20Br2N2/c21-17-9-5-15(6-10-17)13-23-19-3-1-2-4-20(19)24-14-16-7-11-18(22)12-8-16/h5-14,19-20H,1-4H2/t19-,20-/m1/s1. The summed E-state index contributed by atoms with van der Waals surface area (Å²) in [6, 6.07) is 17.1. The van der Waals surface area contributed by atoms with Gasteiger partial charge in [-0.1, -0.05) is 69.0 Å². The summed E-state index contributed by atoms with van der Waals surface area (Å²) in [4.78, 5) is 9.66. The van der Waals surface area contributed by atoms with E-state index in [1.165, 1.54) is 12.8 Å². The van der Waals surface area contributed by atoms with E-state index in [0.29, 0.717) is 0 Å². The first-order valence-corrected chi connectivity index (χ1v) is 9.87. The van der Waals surface area contributed by atoms with Crippen LogP contribution in [0.15, 0.2) is 67.5 Å². The van der Waals surface area contributed by atoms with Gasteiger partial charge in [0.25, 0.3) is 0 Å². The molecule has 1 fully saturated rings. The molecule has 0 bridgehead atoms. The van der Waals surface area contributed by atoms with Crippen LogP contribution in [-0.4, -0.2) is 24.5 Å². The van der Waals surface area contributed by atoms with E-state index in [9.17, 15) is 0 Å². The molecule has 1 aliphatic carbocycles. The highest BCUT2D eigenvalue weighted by atomic mass is 79.9. The van der Waals surface area contributed by atoms with Crippen LogP contribution < -0.4 is 0 Å². The van der Waals surface area contributed by atoms with E-state index < -0.39 is 0 Å². The van der Waals surface area contributed by atoms with Gasteiger partial charge in [-0.2, -0.15) is 0 Å². The summed E-state index contributed by atoms with van der Waals surface area (Å²) in [6.07, 6.45) is 8.71. The van der Waals surface area contributed by atoms with E-state index >= 15 is 0 Å². The smallest absolute Gasteiger partial charge is 0.0723 e. The number of nitrogens with zero attached hydrogens (tertiary/aromatic N) is 2. The lowest BCUT2D eigenvalue weighted by atomic mass is 9.91. The van der Waals surface area contributed by atoms with Gasteiger partial charge < -0.3 is 0 Å². The average molecular weight is 448 g/mol. The highest BCUT2D eigenvalue weighted by molar-refractivity contribution is 9.10. The zero-order chi connectivity index (χ0) is 16.8. The first kappa shape index (κ1) is 17.6. The zero-order valence-electron chi connectivity index (χ0n) is 13.4. The van der Waals surface area contributed by atoms with E-state index in [0.717, 1.165) is 32.9 Å². The molecule has 0 radical (unpaired) electrons. The lowest BCUT2D eigenvalue weighted by molar-refractivity contribution is 0.390. The second kappa shape index (κ2) is 8.72. The predicted octanol–water partition coefficient (Wildman–Crippen LogP) is 6.06. The molecule has 2 aromatic rings. The van der Waals surface area contributed by atoms with Crippen LogP contribution in [0.1, 0.15) is 36.8 Å². The van der Waals surface area contributed by atoms with E-state index in [1.807, 2.05) is 36.7 Å². The van der Waals surface area contributed by atoms with Crippen molar-refractivity contribution in [2.45, 2.75) is 37.8 Å². The van der Waals surface area contributed by atoms with Crippen molar-refractivity contribution in [2.24, 2.45) is 9.98 Å². The third-order valence-corrected chi connectivity index (χ3v) is 5.32. The van der Waals surface area contributed by atoms with Crippen LogP contribution >= 0.6 is 31.9 Å². The zero-order valence-corrected chi connectivity index (χ0v) is 16.6. The second-order valence-corrected chi connectivity index (χ2v) is 7.91. The molecule has 24 heavy (non-hydrogen) atoms. The minimum absolute atomic E-state index is 0.286. The average Bonchev–Trinajstić information content (AvgIpc) is 2.61. The van der Waals surface area contributed by atoms with Gasteiger partial charge in [0.2, 0.25) is 0 Å². The van der Waals surface area contributed by atoms with Crippen molar-refractivity contribution in [3.8, 4) is 0 Å². The summed E-state index contributed by atoms with van der Waals surface area (Å²) in [5.74, 6) is 0. The minimum Gasteiger partial charge on any atom is -0.287 e. The predicted molar refractivity (Wildman–Crippen MR) is 110 cm³/mol. The van der Waals surface area contributed by atoms with Crippen molar-refractivity contribution in [3.05, 3.63) is 68.6 Å². The molecule has 0 amide bonds. The van der Waals surface area contributed by atoms with Crippen molar-refractivity contribution in [2.75, 3.05) is 0 Å². The molecule has 0 aliphatic heterocycles. The van der Waals surface area contributed by atoms with Crippen molar-refractivity contribution in [1.29, 1.82) is 0 Å². The first-order chi connectivity index (χ1) is 11.7. The third kappa shape index (κ3) is 5.12. The molecular weight excluding hydrogens is 428 g/mol. The lowest BCUT2D eigenvalue weighted by Gasteiger charge is -2.25. The maximum absolute atomic E-state index is 4.83. The maximum Gasteiger partial charge on any atom is 0.0723 e. The quantitative estimate of drug-likeness (QED) is 0.508. The molecule has 0 aromatic heterocycles. The topological polar surface area (TPSA) is 24.7 Å². The third-order valence-electron chi connectivity index (χ3n) is 4.26. The van der Waals surface area contributed by atoms with Gasteiger partial charge in [-0.3, -0.25) is 9.98 Å². The molecule has 4 heteroatoms. The first-order valence-electron chi connectivity index (χ1n) is 8.28. The van der Waals surface area contributed by atoms with Crippen molar-refractivity contribution < 1.29 is 0 Å². The highest BCUT2D eigenvalue weighted by Gasteiger charge is 2.23. The summed E-state index contributed by atoms with van der Waals surface area (Å²) < 4.78 is 2.18. The maximum atomic E-state index is 4.83. The Hall–Kier alpha value is -1.26. The molecular formula is C20H20Br2N2. The van der Waals surface area contributed by atoms with E-state index in [2.05, 4.69) is 56.1 Å². The number of hydrogen-bond acceptors (Lipinski definition) is 2. The van der Waals surface area contributed by atoms with E-state index in [1.54, 1.807) is 0 Å². The minimum atomic E-state index is 0.286. The summed E-state index contributed by atoms with van der Waals surface area (Å²) in [7, 11) is 0. The molecule has 1 aliphatic rings. The molecule has 2 nitrogen and oxygen atoms in total. The largest absolute Gasteiger partial charge is 0.287 e. The Labute approximate surface area is 160 Å². The van der Waals surface area contributed by atoms with Gasteiger partial charge in [-0.05, 0) is 48.2 Å². The van der Waals surface area contributed by atoms with E-state index in [-0.39, 0.29) is 12.1 Å². The monoisotopic (exact) mass is 446 g/mol. The molecule has 124 valence electrons. The van der Waals surface area contributed by atoms with Crippen LogP contribution in [0.5, 0.6) is 0 Å². The number of halogens is 2. The number of benzene rings is 2. The highest BCUT2D eigenvalue weighted by Crippen LogP contribution is 2.24.